The average Bonchev–Trinajstić information content (AvgIpc) is 2.73. The number of rotatable bonds is 9. The summed E-state index contributed by atoms with van der Waals surface area (Å²) in [5, 5.41) is 10.9. The summed E-state index contributed by atoms with van der Waals surface area (Å²) >= 11 is 6.28. The van der Waals surface area contributed by atoms with Crippen LogP contribution in [-0.2, 0) is 0 Å². The van der Waals surface area contributed by atoms with Gasteiger partial charge >= 0.3 is 0 Å². The average molecular weight is 435 g/mol. The molecule has 3 rings (SSSR count). The Hall–Kier alpha value is -1.66. The maximum absolute atomic E-state index is 13.0. The molecule has 1 fully saturated rings. The van der Waals surface area contributed by atoms with E-state index in [-0.39, 0.29) is 5.82 Å². The molecular formula is C24H32ClFN2O2. The Kier molecular flexibility index (Phi) is 8.51. The Morgan fingerprint density at radius 3 is 2.27 bits per heavy atom. The van der Waals surface area contributed by atoms with Gasteiger partial charge in [-0.25, -0.2) is 4.39 Å². The molecule has 1 aliphatic heterocycles. The molecule has 2 aromatic rings. The van der Waals surface area contributed by atoms with E-state index < -0.39 is 6.10 Å². The maximum atomic E-state index is 13.0. The summed E-state index contributed by atoms with van der Waals surface area (Å²) in [5.41, 5.74) is 3.14. The molecule has 1 aliphatic rings. The van der Waals surface area contributed by atoms with Gasteiger partial charge in [0.15, 0.2) is 0 Å². The second kappa shape index (κ2) is 11.1. The van der Waals surface area contributed by atoms with Crippen molar-refractivity contribution in [2.24, 2.45) is 0 Å². The van der Waals surface area contributed by atoms with Crippen LogP contribution < -0.4 is 4.74 Å². The highest BCUT2D eigenvalue weighted by molar-refractivity contribution is 6.32. The number of piperazine rings is 1. The minimum absolute atomic E-state index is 0.272. The SMILES string of the molecule is Cc1cc(Cl)c(OCCN2CCN(CCCC(O)c3ccc(F)cc3)CC2)cc1C. The van der Waals surface area contributed by atoms with Gasteiger partial charge < -0.3 is 14.7 Å². The highest BCUT2D eigenvalue weighted by Gasteiger charge is 2.17. The van der Waals surface area contributed by atoms with Gasteiger partial charge in [-0.3, -0.25) is 4.90 Å². The van der Waals surface area contributed by atoms with Gasteiger partial charge in [0.25, 0.3) is 0 Å². The van der Waals surface area contributed by atoms with Gasteiger partial charge in [0.1, 0.15) is 18.2 Å². The molecule has 0 aliphatic carbocycles. The summed E-state index contributed by atoms with van der Waals surface area (Å²) in [6.45, 7) is 10.7. The van der Waals surface area contributed by atoms with E-state index in [0.717, 1.165) is 57.0 Å². The number of halogens is 2. The van der Waals surface area contributed by atoms with Crippen LogP contribution in [0.1, 0.15) is 35.6 Å². The van der Waals surface area contributed by atoms with E-state index >= 15 is 0 Å². The topological polar surface area (TPSA) is 35.9 Å². The van der Waals surface area contributed by atoms with Crippen LogP contribution in [0.5, 0.6) is 5.75 Å². The van der Waals surface area contributed by atoms with E-state index in [1.807, 2.05) is 19.1 Å². The standard InChI is InChI=1S/C24H32ClFN2O2/c1-18-16-22(25)24(17-19(18)2)30-15-14-28-12-10-27(11-13-28)9-3-4-23(29)20-5-7-21(26)8-6-20/h5-8,16-17,23,29H,3-4,9-15H2,1-2H3. The summed E-state index contributed by atoms with van der Waals surface area (Å²) in [7, 11) is 0. The van der Waals surface area contributed by atoms with Crippen LogP contribution in [0.15, 0.2) is 36.4 Å². The van der Waals surface area contributed by atoms with Crippen molar-refractivity contribution in [1.29, 1.82) is 0 Å². The zero-order valence-corrected chi connectivity index (χ0v) is 18.7. The number of ether oxygens (including phenoxy) is 1. The lowest BCUT2D eigenvalue weighted by atomic mass is 10.0. The molecule has 1 saturated heterocycles. The van der Waals surface area contributed by atoms with Crippen LogP contribution >= 0.6 is 11.6 Å². The Morgan fingerprint density at radius 2 is 1.60 bits per heavy atom. The molecule has 30 heavy (non-hydrogen) atoms. The lowest BCUT2D eigenvalue weighted by Gasteiger charge is -2.34. The van der Waals surface area contributed by atoms with Crippen molar-refractivity contribution in [2.75, 3.05) is 45.9 Å². The molecule has 164 valence electrons. The Balaban J connectivity index is 1.31. The van der Waals surface area contributed by atoms with Gasteiger partial charge in [-0.1, -0.05) is 23.7 Å². The molecule has 1 N–H and O–H groups in total. The zero-order valence-electron chi connectivity index (χ0n) is 17.9. The third-order valence-electron chi connectivity index (χ3n) is 5.88. The van der Waals surface area contributed by atoms with Gasteiger partial charge in [0.05, 0.1) is 11.1 Å². The molecule has 2 aromatic carbocycles. The first-order chi connectivity index (χ1) is 14.4. The normalized spacial score (nSPS) is 16.6. The fourth-order valence-corrected chi connectivity index (χ4v) is 4.02. The Bertz CT molecular complexity index is 808. The molecular weight excluding hydrogens is 403 g/mol. The molecule has 0 spiro atoms. The third-order valence-corrected chi connectivity index (χ3v) is 6.18. The largest absolute Gasteiger partial charge is 0.491 e. The van der Waals surface area contributed by atoms with E-state index in [0.29, 0.717) is 18.1 Å². The summed E-state index contributed by atoms with van der Waals surface area (Å²) < 4.78 is 18.9. The van der Waals surface area contributed by atoms with Crippen LogP contribution in [0.4, 0.5) is 4.39 Å². The van der Waals surface area contributed by atoms with E-state index in [2.05, 4.69) is 16.7 Å². The quantitative estimate of drug-likeness (QED) is 0.625. The van der Waals surface area contributed by atoms with Crippen molar-refractivity contribution in [3.05, 3.63) is 63.9 Å². The highest BCUT2D eigenvalue weighted by atomic mass is 35.5. The van der Waals surface area contributed by atoms with E-state index in [4.69, 9.17) is 16.3 Å². The third kappa shape index (κ3) is 6.67. The summed E-state index contributed by atoms with van der Waals surface area (Å²) in [5.74, 6) is 0.490. The molecule has 0 amide bonds. The molecule has 0 radical (unpaired) electrons. The highest BCUT2D eigenvalue weighted by Crippen LogP contribution is 2.27. The Labute approximate surface area is 184 Å². The first-order valence-electron chi connectivity index (χ1n) is 10.7. The van der Waals surface area contributed by atoms with E-state index in [1.165, 1.54) is 23.3 Å². The first kappa shape index (κ1) is 23.0. The number of aryl methyl sites for hydroxylation is 2. The smallest absolute Gasteiger partial charge is 0.138 e. The Morgan fingerprint density at radius 1 is 1.00 bits per heavy atom. The second-order valence-corrected chi connectivity index (χ2v) is 8.52. The molecule has 6 heteroatoms. The summed E-state index contributed by atoms with van der Waals surface area (Å²) in [4.78, 5) is 4.85. The van der Waals surface area contributed by atoms with E-state index in [1.54, 1.807) is 12.1 Å². The van der Waals surface area contributed by atoms with Crippen molar-refractivity contribution in [2.45, 2.75) is 32.8 Å². The number of hydrogen-bond acceptors (Lipinski definition) is 4. The van der Waals surface area contributed by atoms with Gasteiger partial charge in [0.2, 0.25) is 0 Å². The lowest BCUT2D eigenvalue weighted by molar-refractivity contribution is 0.107. The predicted molar refractivity (Wildman–Crippen MR) is 120 cm³/mol. The van der Waals surface area contributed by atoms with Crippen molar-refractivity contribution < 1.29 is 14.2 Å². The molecule has 1 unspecified atom stereocenters. The zero-order chi connectivity index (χ0) is 21.5. The fourth-order valence-electron chi connectivity index (χ4n) is 3.75. The van der Waals surface area contributed by atoms with Gasteiger partial charge in [-0.15, -0.1) is 0 Å². The second-order valence-electron chi connectivity index (χ2n) is 8.11. The number of benzene rings is 2. The van der Waals surface area contributed by atoms with Crippen molar-refractivity contribution in [3.8, 4) is 5.75 Å². The van der Waals surface area contributed by atoms with E-state index in [9.17, 15) is 9.50 Å². The molecule has 0 saturated carbocycles. The molecule has 0 aromatic heterocycles. The van der Waals surface area contributed by atoms with Crippen molar-refractivity contribution >= 4 is 11.6 Å². The summed E-state index contributed by atoms with van der Waals surface area (Å²) in [6.07, 6.45) is 1.09. The van der Waals surface area contributed by atoms with Crippen LogP contribution in [0.3, 0.4) is 0 Å². The van der Waals surface area contributed by atoms with Gasteiger partial charge in [-0.2, -0.15) is 0 Å². The maximum Gasteiger partial charge on any atom is 0.138 e. The minimum Gasteiger partial charge on any atom is -0.491 e. The number of nitrogens with zero attached hydrogens (tertiary/aromatic N) is 2. The van der Waals surface area contributed by atoms with Gasteiger partial charge in [0, 0.05) is 32.7 Å². The predicted octanol–water partition coefficient (Wildman–Crippen LogP) is 4.61. The van der Waals surface area contributed by atoms with Crippen LogP contribution in [-0.4, -0.2) is 60.8 Å². The molecule has 4 nitrogen and oxygen atoms in total. The van der Waals surface area contributed by atoms with Gasteiger partial charge in [-0.05, 0) is 74.2 Å². The first-order valence-corrected chi connectivity index (χ1v) is 11.1. The summed E-state index contributed by atoms with van der Waals surface area (Å²) in [6, 6.07) is 10.1. The number of aliphatic hydroxyl groups excluding tert-OH is 1. The monoisotopic (exact) mass is 434 g/mol. The fraction of sp³-hybridized carbons (Fsp3) is 0.500. The molecule has 1 atom stereocenters. The van der Waals surface area contributed by atoms with Crippen molar-refractivity contribution in [1.82, 2.24) is 9.80 Å². The van der Waals surface area contributed by atoms with Crippen LogP contribution in [0, 0.1) is 19.7 Å². The lowest BCUT2D eigenvalue weighted by Crippen LogP contribution is -2.47. The van der Waals surface area contributed by atoms with Crippen LogP contribution in [0.25, 0.3) is 0 Å². The number of hydrogen-bond donors (Lipinski definition) is 1. The molecule has 0 bridgehead atoms. The molecule has 1 heterocycles. The number of aliphatic hydroxyl groups is 1. The van der Waals surface area contributed by atoms with Crippen molar-refractivity contribution in [3.63, 3.8) is 0 Å². The minimum atomic E-state index is -0.527. The van der Waals surface area contributed by atoms with Crippen LogP contribution in [0.2, 0.25) is 5.02 Å².